The number of nitrogens with zero attached hydrogens (tertiary/aromatic N) is 2. The molecular weight excluding hydrogens is 859 g/mol. The summed E-state index contributed by atoms with van der Waals surface area (Å²) in [5, 5.41) is 4.83. The third-order valence-electron chi connectivity index (χ3n) is 8.68. The Kier molecular flexibility index (Phi) is 18.0. The van der Waals surface area contributed by atoms with Crippen LogP contribution < -0.4 is 19.6 Å². The van der Waals surface area contributed by atoms with Crippen LogP contribution in [0.5, 0.6) is 17.2 Å². The van der Waals surface area contributed by atoms with Crippen LogP contribution in [0.2, 0.25) is 0 Å². The van der Waals surface area contributed by atoms with Gasteiger partial charge in [-0.25, -0.2) is 33.8 Å². The highest BCUT2D eigenvalue weighted by Crippen LogP contribution is 2.29. The van der Waals surface area contributed by atoms with E-state index >= 15 is 0 Å². The van der Waals surface area contributed by atoms with Crippen molar-refractivity contribution < 1.29 is 61.9 Å². The van der Waals surface area contributed by atoms with E-state index in [1.165, 1.54) is 73.2 Å². The lowest BCUT2D eigenvalue weighted by atomic mass is 10.0. The number of thiazole rings is 1. The molecule has 65 heavy (non-hydrogen) atoms. The first-order chi connectivity index (χ1) is 31.5. The number of hydrazone groups is 1. The number of ether oxygens (including phenoxy) is 7. The van der Waals surface area contributed by atoms with E-state index in [9.17, 15) is 28.8 Å². The number of esters is 6. The van der Waals surface area contributed by atoms with Gasteiger partial charge in [0.25, 0.3) is 0 Å². The molecule has 0 atom stereocenters. The number of hydrogen-bond acceptors (Lipinski definition) is 17. The van der Waals surface area contributed by atoms with Crippen LogP contribution >= 0.6 is 11.3 Å². The number of carbonyl (C=O) groups excluding carboxylic acids is 6. The predicted octanol–water partition coefficient (Wildman–Crippen LogP) is 7.85. The van der Waals surface area contributed by atoms with Gasteiger partial charge in [0.1, 0.15) is 22.8 Å². The molecule has 0 aliphatic carbocycles. The highest BCUT2D eigenvalue weighted by molar-refractivity contribution is 7.22. The molecule has 5 aromatic rings. The van der Waals surface area contributed by atoms with Crippen LogP contribution in [0, 0.1) is 6.92 Å². The summed E-state index contributed by atoms with van der Waals surface area (Å²) in [5.41, 5.74) is 5.99. The molecule has 0 radical (unpaired) electrons. The molecule has 0 fully saturated rings. The highest BCUT2D eigenvalue weighted by atomic mass is 32.1. The van der Waals surface area contributed by atoms with Crippen molar-refractivity contribution in [2.75, 3.05) is 39.0 Å². The zero-order valence-corrected chi connectivity index (χ0v) is 36.1. The predicted molar refractivity (Wildman–Crippen MR) is 243 cm³/mol. The first-order valence-electron chi connectivity index (χ1n) is 19.8. The average molecular weight is 902 g/mol. The lowest BCUT2D eigenvalue weighted by Gasteiger charge is -2.12. The zero-order valence-electron chi connectivity index (χ0n) is 35.3. The molecule has 0 saturated carbocycles. The van der Waals surface area contributed by atoms with Gasteiger partial charge in [-0.1, -0.05) is 54.8 Å². The van der Waals surface area contributed by atoms with Crippen molar-refractivity contribution in [2.45, 2.75) is 19.8 Å². The number of anilines is 1. The van der Waals surface area contributed by atoms with Gasteiger partial charge in [-0.05, 0) is 84.3 Å². The minimum Gasteiger partial charge on any atom is -0.496 e. The quantitative estimate of drug-likeness (QED) is 0.0134. The molecule has 0 aliphatic rings. The Morgan fingerprint density at radius 2 is 1.26 bits per heavy atom. The van der Waals surface area contributed by atoms with Gasteiger partial charge >= 0.3 is 35.8 Å². The molecule has 0 saturated heterocycles. The lowest BCUT2D eigenvalue weighted by molar-refractivity contribution is -0.141. The van der Waals surface area contributed by atoms with Crippen LogP contribution in [0.4, 0.5) is 5.13 Å². The first-order valence-corrected chi connectivity index (χ1v) is 20.6. The third-order valence-corrected chi connectivity index (χ3v) is 9.62. The molecule has 5 rings (SSSR count). The molecule has 0 bridgehead atoms. The van der Waals surface area contributed by atoms with Crippen molar-refractivity contribution in [3.63, 3.8) is 0 Å². The number of nitrogens with one attached hydrogen (secondary N) is 1. The van der Waals surface area contributed by atoms with E-state index in [0.717, 1.165) is 22.4 Å². The fourth-order valence-electron chi connectivity index (χ4n) is 5.53. The SMILES string of the molecule is C=CC(=O)OCCCOC(=O)/C=C/c1ccc(C(=O)Oc2ccc(OC(=O)c3ccc(/C=C/C(=O)OCCCOC(=O)C=C)cc3OC)cc2/C=N/Nc2nc3ccccc3s2)c(C)c1. The molecule has 16 nitrogen and oxygen atoms in total. The van der Waals surface area contributed by atoms with E-state index in [0.29, 0.717) is 34.7 Å². The Morgan fingerprint density at radius 3 is 1.86 bits per heavy atom. The van der Waals surface area contributed by atoms with E-state index < -0.39 is 35.8 Å². The number of methoxy groups -OCH3 is 1. The Hall–Kier alpha value is -8.18. The maximum Gasteiger partial charge on any atom is 0.347 e. The van der Waals surface area contributed by atoms with Crippen LogP contribution in [-0.4, -0.2) is 80.6 Å². The molecule has 0 spiro atoms. The summed E-state index contributed by atoms with van der Waals surface area (Å²) in [6.07, 6.45) is 9.59. The maximum absolute atomic E-state index is 13.6. The molecule has 334 valence electrons. The second-order valence-corrected chi connectivity index (χ2v) is 14.4. The Labute approximate surface area is 377 Å². The molecule has 0 amide bonds. The highest BCUT2D eigenvalue weighted by Gasteiger charge is 2.19. The van der Waals surface area contributed by atoms with Gasteiger partial charge in [0, 0.05) is 42.7 Å². The number of rotatable bonds is 22. The van der Waals surface area contributed by atoms with Gasteiger partial charge in [0.05, 0.1) is 55.5 Å². The molecule has 0 aliphatic heterocycles. The Morgan fingerprint density at radius 1 is 0.677 bits per heavy atom. The summed E-state index contributed by atoms with van der Waals surface area (Å²) >= 11 is 1.39. The van der Waals surface area contributed by atoms with Crippen LogP contribution in [0.1, 0.15) is 55.8 Å². The van der Waals surface area contributed by atoms with Gasteiger partial charge in [0.15, 0.2) is 0 Å². The number of aromatic nitrogens is 1. The molecule has 1 heterocycles. The maximum atomic E-state index is 13.6. The largest absolute Gasteiger partial charge is 0.496 e. The summed E-state index contributed by atoms with van der Waals surface area (Å²) in [6, 6.07) is 21.5. The summed E-state index contributed by atoms with van der Waals surface area (Å²) in [4.78, 5) is 78.1. The fraction of sp³-hybridized carbons (Fsp3) is 0.167. The molecular formula is C48H43N3O13S. The van der Waals surface area contributed by atoms with Crippen LogP contribution in [-0.2, 0) is 38.1 Å². The fourth-order valence-corrected chi connectivity index (χ4v) is 6.34. The smallest absolute Gasteiger partial charge is 0.347 e. The van der Waals surface area contributed by atoms with Crippen LogP contribution in [0.3, 0.4) is 0 Å². The Bertz CT molecular complexity index is 2630. The summed E-state index contributed by atoms with van der Waals surface area (Å²) < 4.78 is 37.9. The molecule has 1 aromatic heterocycles. The minimum atomic E-state index is -0.765. The van der Waals surface area contributed by atoms with E-state index in [1.54, 1.807) is 37.3 Å². The second-order valence-electron chi connectivity index (χ2n) is 13.3. The van der Waals surface area contributed by atoms with Gasteiger partial charge < -0.3 is 33.2 Å². The van der Waals surface area contributed by atoms with Crippen molar-refractivity contribution in [1.82, 2.24) is 4.98 Å². The first kappa shape index (κ1) is 47.9. The topological polar surface area (TPSA) is 204 Å². The number of benzene rings is 4. The summed E-state index contributed by atoms with van der Waals surface area (Å²) in [5.74, 6) is -3.44. The van der Waals surface area contributed by atoms with Crippen LogP contribution in [0.25, 0.3) is 22.4 Å². The number of fused-ring (bicyclic) bond motifs is 1. The standard InChI is InChI=1S/C48H43N3O13S/c1-5-42(52)59-23-9-25-61-44(54)21-15-32-13-18-36(31(3)27-32)46(56)64-39-20-17-35(29-34(39)30-49-51-48-50-38-11-7-8-12-41(38)65-48)63-47(57)37-19-14-33(28-40(37)58-4)16-22-45(55)62-26-10-24-60-43(53)6-2/h5-8,11-22,27-30H,1-2,9-10,23-26H2,3-4H3,(H,50,51)/b21-15+,22-16+,49-30+. The third kappa shape index (κ3) is 15.0. The van der Waals surface area contributed by atoms with Crippen molar-refractivity contribution in [3.05, 3.63) is 150 Å². The molecule has 1 N–H and O–H groups in total. The summed E-state index contributed by atoms with van der Waals surface area (Å²) in [6.45, 7) is 8.59. The van der Waals surface area contributed by atoms with Crippen molar-refractivity contribution in [2.24, 2.45) is 5.10 Å². The lowest BCUT2D eigenvalue weighted by Crippen LogP contribution is -2.13. The van der Waals surface area contributed by atoms with Crippen LogP contribution in [0.15, 0.2) is 121 Å². The van der Waals surface area contributed by atoms with Gasteiger partial charge in [-0.2, -0.15) is 5.10 Å². The molecule has 4 aromatic carbocycles. The van der Waals surface area contributed by atoms with Crippen molar-refractivity contribution >= 4 is 80.9 Å². The zero-order chi connectivity index (χ0) is 46.6. The summed E-state index contributed by atoms with van der Waals surface area (Å²) in [7, 11) is 1.38. The van der Waals surface area contributed by atoms with Gasteiger partial charge in [-0.15, -0.1) is 0 Å². The number of hydrogen-bond donors (Lipinski definition) is 1. The van der Waals surface area contributed by atoms with E-state index in [-0.39, 0.29) is 60.4 Å². The monoisotopic (exact) mass is 901 g/mol. The number of para-hydroxylation sites is 1. The van der Waals surface area contributed by atoms with Crippen molar-refractivity contribution in [3.8, 4) is 17.2 Å². The Balaban J connectivity index is 1.27. The number of carbonyl (C=O) groups is 6. The van der Waals surface area contributed by atoms with Gasteiger partial charge in [0.2, 0.25) is 5.13 Å². The number of aryl methyl sites for hydroxylation is 1. The molecule has 0 unspecified atom stereocenters. The normalized spacial score (nSPS) is 11.0. The second kappa shape index (κ2) is 24.5. The van der Waals surface area contributed by atoms with Gasteiger partial charge in [-0.3, -0.25) is 5.43 Å². The van der Waals surface area contributed by atoms with Crippen molar-refractivity contribution in [1.29, 1.82) is 0 Å². The van der Waals surface area contributed by atoms with E-state index in [4.69, 9.17) is 33.2 Å². The van der Waals surface area contributed by atoms with E-state index in [1.807, 2.05) is 24.3 Å². The van der Waals surface area contributed by atoms with E-state index in [2.05, 4.69) is 28.7 Å². The molecule has 17 heteroatoms. The average Bonchev–Trinajstić information content (AvgIpc) is 3.73. The minimum absolute atomic E-state index is 0.0368.